The average molecular weight is 147 g/mol. The topological polar surface area (TPSA) is 23.5 Å². The molecule has 3 heteroatoms. The molecule has 1 saturated heterocycles. The third-order valence-corrected chi connectivity index (χ3v) is 2.08. The summed E-state index contributed by atoms with van der Waals surface area (Å²) in [7, 11) is 0. The Morgan fingerprint density at radius 1 is 1.60 bits per heavy atom. The lowest BCUT2D eigenvalue weighted by atomic mass is 10.2. The molecule has 1 heterocycles. The van der Waals surface area contributed by atoms with Crippen molar-refractivity contribution in [2.75, 3.05) is 26.4 Å². The van der Waals surface area contributed by atoms with E-state index in [2.05, 4.69) is 0 Å². The number of likely N-dealkylation sites (tertiary alicyclic amines) is 1. The van der Waals surface area contributed by atoms with Crippen LogP contribution in [0.4, 0.5) is 4.39 Å². The molecular weight excluding hydrogens is 133 g/mol. The molecule has 1 aliphatic rings. The highest BCUT2D eigenvalue weighted by molar-refractivity contribution is 4.77. The van der Waals surface area contributed by atoms with Gasteiger partial charge in [-0.1, -0.05) is 0 Å². The average Bonchev–Trinajstić information content (AvgIpc) is 2.36. The van der Waals surface area contributed by atoms with Crippen LogP contribution in [-0.4, -0.2) is 42.4 Å². The molecule has 1 atom stereocenters. The highest BCUT2D eigenvalue weighted by Gasteiger charge is 2.22. The second-order valence-corrected chi connectivity index (χ2v) is 2.70. The Balaban J connectivity index is 2.27. The molecule has 0 radical (unpaired) electrons. The lowest BCUT2D eigenvalue weighted by Crippen LogP contribution is -2.33. The van der Waals surface area contributed by atoms with E-state index in [9.17, 15) is 4.39 Å². The van der Waals surface area contributed by atoms with Crippen molar-refractivity contribution < 1.29 is 9.50 Å². The molecule has 1 aliphatic heterocycles. The van der Waals surface area contributed by atoms with Crippen LogP contribution in [0.15, 0.2) is 0 Å². The van der Waals surface area contributed by atoms with Gasteiger partial charge in [-0.3, -0.25) is 4.90 Å². The van der Waals surface area contributed by atoms with E-state index in [1.54, 1.807) is 0 Å². The van der Waals surface area contributed by atoms with Gasteiger partial charge in [-0.2, -0.15) is 0 Å². The number of hydrogen-bond acceptors (Lipinski definition) is 2. The Morgan fingerprint density at radius 3 is 3.00 bits per heavy atom. The van der Waals surface area contributed by atoms with Crippen LogP contribution in [0.25, 0.3) is 0 Å². The van der Waals surface area contributed by atoms with Gasteiger partial charge in [0, 0.05) is 12.6 Å². The van der Waals surface area contributed by atoms with Crippen LogP contribution in [0.3, 0.4) is 0 Å². The van der Waals surface area contributed by atoms with E-state index in [1.165, 1.54) is 0 Å². The minimum Gasteiger partial charge on any atom is -0.395 e. The van der Waals surface area contributed by atoms with Crippen molar-refractivity contribution in [3.8, 4) is 0 Å². The van der Waals surface area contributed by atoms with Crippen LogP contribution in [-0.2, 0) is 0 Å². The first-order valence-electron chi connectivity index (χ1n) is 3.79. The first-order chi connectivity index (χ1) is 4.88. The van der Waals surface area contributed by atoms with Crippen molar-refractivity contribution in [1.29, 1.82) is 0 Å². The summed E-state index contributed by atoms with van der Waals surface area (Å²) in [5, 5.41) is 8.80. The van der Waals surface area contributed by atoms with E-state index in [-0.39, 0.29) is 19.3 Å². The van der Waals surface area contributed by atoms with Crippen LogP contribution in [0.5, 0.6) is 0 Å². The van der Waals surface area contributed by atoms with Crippen molar-refractivity contribution >= 4 is 0 Å². The summed E-state index contributed by atoms with van der Waals surface area (Å²) in [5.74, 6) is 0. The van der Waals surface area contributed by atoms with Gasteiger partial charge in [0.1, 0.15) is 6.67 Å². The van der Waals surface area contributed by atoms with Crippen LogP contribution in [0.2, 0.25) is 0 Å². The lowest BCUT2D eigenvalue weighted by molar-refractivity contribution is 0.151. The Morgan fingerprint density at radius 2 is 2.40 bits per heavy atom. The molecule has 1 unspecified atom stereocenters. The largest absolute Gasteiger partial charge is 0.395 e. The van der Waals surface area contributed by atoms with E-state index in [0.29, 0.717) is 6.54 Å². The summed E-state index contributed by atoms with van der Waals surface area (Å²) in [6, 6.07) is 0.232. The number of aliphatic hydroxyl groups is 1. The van der Waals surface area contributed by atoms with Crippen molar-refractivity contribution in [3.63, 3.8) is 0 Å². The van der Waals surface area contributed by atoms with Crippen molar-refractivity contribution in [1.82, 2.24) is 4.90 Å². The number of rotatable bonds is 3. The molecule has 0 amide bonds. The quantitative estimate of drug-likeness (QED) is 0.625. The van der Waals surface area contributed by atoms with Crippen molar-refractivity contribution in [2.24, 2.45) is 0 Å². The van der Waals surface area contributed by atoms with Crippen molar-refractivity contribution in [3.05, 3.63) is 0 Å². The van der Waals surface area contributed by atoms with Crippen LogP contribution >= 0.6 is 0 Å². The summed E-state index contributed by atoms with van der Waals surface area (Å²) < 4.78 is 11.8. The molecule has 0 aromatic heterocycles. The summed E-state index contributed by atoms with van der Waals surface area (Å²) >= 11 is 0. The molecule has 1 fully saturated rings. The smallest absolute Gasteiger partial charge is 0.102 e. The molecule has 1 N–H and O–H groups in total. The van der Waals surface area contributed by atoms with Crippen LogP contribution in [0.1, 0.15) is 12.8 Å². The molecule has 2 nitrogen and oxygen atoms in total. The van der Waals surface area contributed by atoms with Gasteiger partial charge in [0.25, 0.3) is 0 Å². The third kappa shape index (κ3) is 1.67. The van der Waals surface area contributed by atoms with Gasteiger partial charge in [0.15, 0.2) is 0 Å². The zero-order chi connectivity index (χ0) is 7.40. The predicted octanol–water partition coefficient (Wildman–Crippen LogP) is 0.413. The Hall–Kier alpha value is -0.150. The predicted molar refractivity (Wildman–Crippen MR) is 37.7 cm³/mol. The first kappa shape index (κ1) is 7.95. The number of halogens is 1. The van der Waals surface area contributed by atoms with E-state index in [4.69, 9.17) is 5.11 Å². The summed E-state index contributed by atoms with van der Waals surface area (Å²) in [5.41, 5.74) is 0. The highest BCUT2D eigenvalue weighted by Crippen LogP contribution is 2.15. The monoisotopic (exact) mass is 147 g/mol. The minimum atomic E-state index is -0.295. The molecular formula is C7H14FNO. The van der Waals surface area contributed by atoms with Gasteiger partial charge in [-0.05, 0) is 19.4 Å². The molecule has 0 aliphatic carbocycles. The molecule has 60 valence electrons. The zero-order valence-corrected chi connectivity index (χ0v) is 6.09. The molecule has 10 heavy (non-hydrogen) atoms. The Kier molecular flexibility index (Phi) is 3.09. The standard InChI is InChI=1S/C7H14FNO/c8-3-5-9-4-1-2-7(9)6-10/h7,10H,1-6H2. The van der Waals surface area contributed by atoms with Gasteiger partial charge in [0.05, 0.1) is 6.61 Å². The van der Waals surface area contributed by atoms with Gasteiger partial charge in [0.2, 0.25) is 0 Å². The Labute approximate surface area is 60.6 Å². The minimum absolute atomic E-state index is 0.181. The van der Waals surface area contributed by atoms with E-state index >= 15 is 0 Å². The maximum atomic E-state index is 11.8. The fourth-order valence-corrected chi connectivity index (χ4v) is 1.50. The number of nitrogens with zero attached hydrogens (tertiary/aromatic N) is 1. The number of aliphatic hydroxyl groups excluding tert-OH is 1. The SMILES string of the molecule is OCC1CCCN1CCF. The maximum absolute atomic E-state index is 11.8. The first-order valence-corrected chi connectivity index (χ1v) is 3.79. The molecule has 0 bridgehead atoms. The van der Waals surface area contributed by atoms with E-state index < -0.39 is 0 Å². The maximum Gasteiger partial charge on any atom is 0.102 e. The molecule has 0 saturated carbocycles. The second kappa shape index (κ2) is 3.88. The van der Waals surface area contributed by atoms with Gasteiger partial charge in [-0.15, -0.1) is 0 Å². The molecule has 1 rings (SSSR count). The molecule has 0 spiro atoms. The van der Waals surface area contributed by atoms with E-state index in [1.807, 2.05) is 4.90 Å². The number of alkyl halides is 1. The third-order valence-electron chi connectivity index (χ3n) is 2.08. The van der Waals surface area contributed by atoms with Gasteiger partial charge >= 0.3 is 0 Å². The number of hydrogen-bond donors (Lipinski definition) is 1. The highest BCUT2D eigenvalue weighted by atomic mass is 19.1. The second-order valence-electron chi connectivity index (χ2n) is 2.70. The normalized spacial score (nSPS) is 27.6. The van der Waals surface area contributed by atoms with Crippen LogP contribution < -0.4 is 0 Å². The summed E-state index contributed by atoms with van der Waals surface area (Å²) in [6.07, 6.45) is 2.13. The molecule has 0 aromatic rings. The summed E-state index contributed by atoms with van der Waals surface area (Å²) in [4.78, 5) is 2.01. The lowest BCUT2D eigenvalue weighted by Gasteiger charge is -2.20. The van der Waals surface area contributed by atoms with E-state index in [0.717, 1.165) is 19.4 Å². The van der Waals surface area contributed by atoms with Gasteiger partial charge < -0.3 is 5.11 Å². The van der Waals surface area contributed by atoms with Gasteiger partial charge in [-0.25, -0.2) is 4.39 Å². The van der Waals surface area contributed by atoms with Crippen molar-refractivity contribution in [2.45, 2.75) is 18.9 Å². The summed E-state index contributed by atoms with van der Waals surface area (Å²) in [6.45, 7) is 1.33. The zero-order valence-electron chi connectivity index (χ0n) is 6.09. The fraction of sp³-hybridized carbons (Fsp3) is 1.00. The molecule has 0 aromatic carbocycles. The fourth-order valence-electron chi connectivity index (χ4n) is 1.50. The Bertz CT molecular complexity index is 99.6. The van der Waals surface area contributed by atoms with Crippen LogP contribution in [0, 0.1) is 0 Å².